The number of nitrogens with zero attached hydrogens (tertiary/aromatic N) is 2. The van der Waals surface area contributed by atoms with Crippen LogP contribution in [0.1, 0.15) is 34.3 Å². The second kappa shape index (κ2) is 6.13. The normalized spacial score (nSPS) is 18.1. The summed E-state index contributed by atoms with van der Waals surface area (Å²) in [5, 5.41) is 6.66. The van der Waals surface area contributed by atoms with Crippen molar-refractivity contribution in [3.8, 4) is 0 Å². The number of hydrogen-bond acceptors (Lipinski definition) is 5. The first-order valence-corrected chi connectivity index (χ1v) is 9.27. The average Bonchev–Trinajstić information content (AvgIpc) is 3.04. The smallest absolute Gasteiger partial charge is 0.185 e. The molecule has 0 aliphatic heterocycles. The molecule has 2 aromatic heterocycles. The maximum absolute atomic E-state index is 4.88. The molecule has 0 aromatic carbocycles. The highest BCUT2D eigenvalue weighted by molar-refractivity contribution is 9.10. The largest absolute Gasteiger partial charge is 0.346 e. The van der Waals surface area contributed by atoms with E-state index in [-0.39, 0.29) is 0 Å². The van der Waals surface area contributed by atoms with Gasteiger partial charge in [0.2, 0.25) is 0 Å². The highest BCUT2D eigenvalue weighted by atomic mass is 79.9. The van der Waals surface area contributed by atoms with Crippen molar-refractivity contribution in [2.75, 3.05) is 19.0 Å². The van der Waals surface area contributed by atoms with Gasteiger partial charge in [0.05, 0.1) is 18.3 Å². The SMILES string of the molecule is CNC1CCCc2sc(N(C)Cc3cc(Br)cs3)nc21. The molecule has 0 saturated heterocycles. The molecule has 0 fully saturated rings. The monoisotopic (exact) mass is 371 g/mol. The quantitative estimate of drug-likeness (QED) is 0.872. The van der Waals surface area contributed by atoms with Crippen molar-refractivity contribution < 1.29 is 0 Å². The Hall–Kier alpha value is -0.430. The molecule has 0 bridgehead atoms. The fraction of sp³-hybridized carbons (Fsp3) is 0.500. The minimum atomic E-state index is 0.438. The summed E-state index contributed by atoms with van der Waals surface area (Å²) in [5.74, 6) is 0. The predicted octanol–water partition coefficient (Wildman–Crippen LogP) is 4.20. The number of hydrogen-bond donors (Lipinski definition) is 1. The number of anilines is 1. The molecule has 0 spiro atoms. The summed E-state index contributed by atoms with van der Waals surface area (Å²) in [6, 6.07) is 2.62. The highest BCUT2D eigenvalue weighted by Gasteiger charge is 2.24. The summed E-state index contributed by atoms with van der Waals surface area (Å²) in [5.41, 5.74) is 1.28. The Bertz CT molecular complexity index is 593. The van der Waals surface area contributed by atoms with E-state index in [9.17, 15) is 0 Å². The molecular weight excluding hydrogens is 354 g/mol. The lowest BCUT2D eigenvalue weighted by atomic mass is 9.98. The lowest BCUT2D eigenvalue weighted by molar-refractivity contribution is 0.490. The summed E-state index contributed by atoms with van der Waals surface area (Å²) in [4.78, 5) is 9.96. The molecule has 1 atom stereocenters. The zero-order valence-electron chi connectivity index (χ0n) is 11.6. The number of thiazole rings is 1. The molecule has 6 heteroatoms. The molecule has 1 N–H and O–H groups in total. The van der Waals surface area contributed by atoms with Crippen molar-refractivity contribution in [1.82, 2.24) is 10.3 Å². The number of nitrogens with one attached hydrogen (secondary N) is 1. The van der Waals surface area contributed by atoms with Crippen LogP contribution >= 0.6 is 38.6 Å². The Morgan fingerprint density at radius 2 is 2.40 bits per heavy atom. The Morgan fingerprint density at radius 3 is 3.10 bits per heavy atom. The maximum Gasteiger partial charge on any atom is 0.185 e. The molecule has 1 unspecified atom stereocenters. The van der Waals surface area contributed by atoms with Crippen LogP contribution in [0.4, 0.5) is 5.13 Å². The van der Waals surface area contributed by atoms with Crippen molar-refractivity contribution >= 4 is 43.7 Å². The van der Waals surface area contributed by atoms with Crippen molar-refractivity contribution in [3.05, 3.63) is 31.4 Å². The summed E-state index contributed by atoms with van der Waals surface area (Å²) in [6.07, 6.45) is 3.65. The number of aromatic nitrogens is 1. The van der Waals surface area contributed by atoms with Crippen LogP contribution in [0.25, 0.3) is 0 Å². The lowest BCUT2D eigenvalue weighted by Gasteiger charge is -2.19. The number of aryl methyl sites for hydroxylation is 1. The minimum Gasteiger partial charge on any atom is -0.346 e. The molecule has 1 aliphatic carbocycles. The van der Waals surface area contributed by atoms with Crippen LogP contribution in [-0.2, 0) is 13.0 Å². The predicted molar refractivity (Wildman–Crippen MR) is 91.0 cm³/mol. The van der Waals surface area contributed by atoms with Crippen molar-refractivity contribution in [1.29, 1.82) is 0 Å². The number of rotatable bonds is 4. The molecule has 0 radical (unpaired) electrons. The van der Waals surface area contributed by atoms with Crippen LogP contribution in [0.3, 0.4) is 0 Å². The van der Waals surface area contributed by atoms with E-state index >= 15 is 0 Å². The van der Waals surface area contributed by atoms with Crippen molar-refractivity contribution in [2.45, 2.75) is 31.8 Å². The molecule has 0 saturated carbocycles. The molecule has 1 aliphatic rings. The van der Waals surface area contributed by atoms with Gasteiger partial charge in [-0.3, -0.25) is 0 Å². The molecule has 108 valence electrons. The minimum absolute atomic E-state index is 0.438. The van der Waals surface area contributed by atoms with Gasteiger partial charge in [-0.2, -0.15) is 0 Å². The molecule has 3 nitrogen and oxygen atoms in total. The number of thiophene rings is 1. The van der Waals surface area contributed by atoms with Crippen molar-refractivity contribution in [3.63, 3.8) is 0 Å². The average molecular weight is 372 g/mol. The molecule has 0 amide bonds. The first kappa shape index (κ1) is 14.5. The van der Waals surface area contributed by atoms with Gasteiger partial charge >= 0.3 is 0 Å². The van der Waals surface area contributed by atoms with Gasteiger partial charge in [-0.05, 0) is 48.3 Å². The first-order chi connectivity index (χ1) is 9.67. The van der Waals surface area contributed by atoms with Gasteiger partial charge in [-0.25, -0.2) is 4.98 Å². The molecule has 3 rings (SSSR count). The van der Waals surface area contributed by atoms with Crippen LogP contribution in [0.15, 0.2) is 15.9 Å². The maximum atomic E-state index is 4.88. The molecule has 2 aromatic rings. The second-order valence-electron chi connectivity index (χ2n) is 5.13. The fourth-order valence-corrected chi connectivity index (χ4v) is 5.21. The topological polar surface area (TPSA) is 28.2 Å². The zero-order chi connectivity index (χ0) is 14.1. The molecular formula is C14H18BrN3S2. The fourth-order valence-electron chi connectivity index (χ4n) is 2.59. The summed E-state index contributed by atoms with van der Waals surface area (Å²) < 4.78 is 1.17. The summed E-state index contributed by atoms with van der Waals surface area (Å²) >= 11 is 7.16. The van der Waals surface area contributed by atoms with Crippen LogP contribution in [0.2, 0.25) is 0 Å². The number of fused-ring (bicyclic) bond motifs is 1. The van der Waals surface area contributed by atoms with E-state index in [1.165, 1.54) is 39.2 Å². The van der Waals surface area contributed by atoms with Gasteiger partial charge in [-0.1, -0.05) is 0 Å². The molecule has 20 heavy (non-hydrogen) atoms. The summed E-state index contributed by atoms with van der Waals surface area (Å²) in [7, 11) is 4.16. The third-order valence-electron chi connectivity index (χ3n) is 3.63. The molecule has 2 heterocycles. The van der Waals surface area contributed by atoms with E-state index in [1.54, 1.807) is 11.3 Å². The third-order valence-corrected chi connectivity index (χ3v) is 6.56. The van der Waals surface area contributed by atoms with E-state index in [0.29, 0.717) is 6.04 Å². The van der Waals surface area contributed by atoms with Gasteiger partial charge in [0.1, 0.15) is 0 Å². The van der Waals surface area contributed by atoms with Gasteiger partial charge in [0.25, 0.3) is 0 Å². The lowest BCUT2D eigenvalue weighted by Crippen LogP contribution is -2.21. The van der Waals surface area contributed by atoms with E-state index in [1.807, 2.05) is 18.4 Å². The van der Waals surface area contributed by atoms with Crippen LogP contribution < -0.4 is 10.2 Å². The Labute approximate surface area is 136 Å². The third kappa shape index (κ3) is 2.93. The highest BCUT2D eigenvalue weighted by Crippen LogP contribution is 2.36. The van der Waals surface area contributed by atoms with E-state index in [2.05, 4.69) is 44.6 Å². The standard InChI is InChI=1S/C14H18BrN3S2/c1-16-11-4-3-5-12-13(11)17-14(20-12)18(2)7-10-6-9(15)8-19-10/h6,8,11,16H,3-5,7H2,1-2H3. The van der Waals surface area contributed by atoms with Crippen LogP contribution in [-0.4, -0.2) is 19.1 Å². The Morgan fingerprint density at radius 1 is 1.55 bits per heavy atom. The van der Waals surface area contributed by atoms with Gasteiger partial charge < -0.3 is 10.2 Å². The first-order valence-electron chi connectivity index (χ1n) is 6.78. The van der Waals surface area contributed by atoms with E-state index in [4.69, 9.17) is 4.98 Å². The number of halogens is 1. The zero-order valence-corrected chi connectivity index (χ0v) is 14.9. The van der Waals surface area contributed by atoms with Gasteiger partial charge in [-0.15, -0.1) is 22.7 Å². The van der Waals surface area contributed by atoms with Gasteiger partial charge in [0.15, 0.2) is 5.13 Å². The Kier molecular flexibility index (Phi) is 4.45. The summed E-state index contributed by atoms with van der Waals surface area (Å²) in [6.45, 7) is 0.923. The van der Waals surface area contributed by atoms with E-state index < -0.39 is 0 Å². The van der Waals surface area contributed by atoms with Crippen molar-refractivity contribution in [2.24, 2.45) is 0 Å². The van der Waals surface area contributed by atoms with Gasteiger partial charge in [0, 0.05) is 26.7 Å². The van der Waals surface area contributed by atoms with Crippen LogP contribution in [0.5, 0.6) is 0 Å². The van der Waals surface area contributed by atoms with Crippen LogP contribution in [0, 0.1) is 0 Å². The second-order valence-corrected chi connectivity index (χ2v) is 8.10. The Balaban J connectivity index is 1.78. The van der Waals surface area contributed by atoms with E-state index in [0.717, 1.165) is 11.7 Å².